The zero-order valence-electron chi connectivity index (χ0n) is 9.55. The number of furan rings is 1. The summed E-state index contributed by atoms with van der Waals surface area (Å²) in [5.74, 6) is 1.07. The van der Waals surface area contributed by atoms with E-state index in [2.05, 4.69) is 18.3 Å². The molecule has 1 aromatic heterocycles. The molecule has 0 aliphatic heterocycles. The molecular formula is C13H19NO. The zero-order valence-corrected chi connectivity index (χ0v) is 9.55. The lowest BCUT2D eigenvalue weighted by Crippen LogP contribution is -2.20. The van der Waals surface area contributed by atoms with Crippen LogP contribution in [0, 0.1) is 6.92 Å². The predicted molar refractivity (Wildman–Crippen MR) is 61.8 cm³/mol. The molecule has 0 aromatic carbocycles. The molecule has 2 heteroatoms. The van der Waals surface area contributed by atoms with E-state index in [1.807, 2.05) is 13.1 Å². The topological polar surface area (TPSA) is 25.2 Å². The van der Waals surface area contributed by atoms with E-state index in [4.69, 9.17) is 4.42 Å². The predicted octanol–water partition coefficient (Wildman–Crippen LogP) is 3.35. The van der Waals surface area contributed by atoms with Gasteiger partial charge in [0.25, 0.3) is 0 Å². The minimum Gasteiger partial charge on any atom is -0.467 e. The number of hydrogen-bond donors (Lipinski definition) is 1. The highest BCUT2D eigenvalue weighted by Gasteiger charge is 2.20. The number of likely N-dealkylation sites (N-methyl/N-ethyl adjacent to an activating group) is 1. The molecule has 1 aliphatic rings. The molecular weight excluding hydrogens is 186 g/mol. The number of aryl methyl sites for hydroxylation is 1. The van der Waals surface area contributed by atoms with Crippen LogP contribution in [0.1, 0.15) is 43.0 Å². The van der Waals surface area contributed by atoms with Crippen LogP contribution in [0.25, 0.3) is 0 Å². The van der Waals surface area contributed by atoms with E-state index in [-0.39, 0.29) is 6.04 Å². The third kappa shape index (κ3) is 2.15. The van der Waals surface area contributed by atoms with Crippen molar-refractivity contribution in [3.8, 4) is 0 Å². The second-order valence-corrected chi connectivity index (χ2v) is 4.21. The lowest BCUT2D eigenvalue weighted by atomic mass is 9.92. The van der Waals surface area contributed by atoms with Gasteiger partial charge in [0.15, 0.2) is 0 Å². The maximum atomic E-state index is 5.57. The first-order chi connectivity index (χ1) is 7.33. The van der Waals surface area contributed by atoms with Crippen molar-refractivity contribution in [2.24, 2.45) is 0 Å². The number of allylic oxidation sites excluding steroid dienone is 1. The van der Waals surface area contributed by atoms with Gasteiger partial charge in [-0.3, -0.25) is 0 Å². The van der Waals surface area contributed by atoms with Gasteiger partial charge < -0.3 is 9.73 Å². The smallest absolute Gasteiger partial charge is 0.127 e. The van der Waals surface area contributed by atoms with E-state index in [0.717, 1.165) is 5.76 Å². The average Bonchev–Trinajstić information content (AvgIpc) is 2.68. The van der Waals surface area contributed by atoms with Crippen LogP contribution in [0.2, 0.25) is 0 Å². The standard InChI is InChI=1S/C13H19NO/c1-10-8-9-15-13(10)12(14-2)11-6-4-3-5-7-11/h6,8-9,12,14H,3-5,7H2,1-2H3. The van der Waals surface area contributed by atoms with Crippen molar-refractivity contribution < 1.29 is 4.42 Å². The molecule has 2 nitrogen and oxygen atoms in total. The van der Waals surface area contributed by atoms with Crippen LogP contribution in [0.3, 0.4) is 0 Å². The van der Waals surface area contributed by atoms with Crippen molar-refractivity contribution in [1.29, 1.82) is 0 Å². The Labute approximate surface area is 91.4 Å². The third-order valence-electron chi connectivity index (χ3n) is 3.15. The molecule has 2 rings (SSSR count). The number of nitrogens with one attached hydrogen (secondary N) is 1. The summed E-state index contributed by atoms with van der Waals surface area (Å²) in [4.78, 5) is 0. The Morgan fingerprint density at radius 2 is 2.27 bits per heavy atom. The Hall–Kier alpha value is -1.02. The number of hydrogen-bond acceptors (Lipinski definition) is 2. The van der Waals surface area contributed by atoms with Crippen LogP contribution in [-0.4, -0.2) is 7.05 Å². The molecule has 1 N–H and O–H groups in total. The van der Waals surface area contributed by atoms with Gasteiger partial charge in [0.05, 0.1) is 12.3 Å². The summed E-state index contributed by atoms with van der Waals surface area (Å²) in [6, 6.07) is 2.31. The van der Waals surface area contributed by atoms with Crippen LogP contribution in [-0.2, 0) is 0 Å². The van der Waals surface area contributed by atoms with Gasteiger partial charge in [0.2, 0.25) is 0 Å². The minimum atomic E-state index is 0.278. The zero-order chi connectivity index (χ0) is 10.7. The van der Waals surface area contributed by atoms with Gasteiger partial charge in [-0.25, -0.2) is 0 Å². The van der Waals surface area contributed by atoms with E-state index < -0.39 is 0 Å². The van der Waals surface area contributed by atoms with Crippen molar-refractivity contribution in [1.82, 2.24) is 5.32 Å². The number of rotatable bonds is 3. The van der Waals surface area contributed by atoms with E-state index in [0.29, 0.717) is 0 Å². The SMILES string of the molecule is CNC(C1=CCCCC1)c1occc1C. The lowest BCUT2D eigenvalue weighted by molar-refractivity contribution is 0.445. The summed E-state index contributed by atoms with van der Waals surface area (Å²) in [5.41, 5.74) is 2.72. The van der Waals surface area contributed by atoms with Crippen molar-refractivity contribution in [2.45, 2.75) is 38.6 Å². The molecule has 0 amide bonds. The van der Waals surface area contributed by atoms with Gasteiger partial charge in [-0.1, -0.05) is 6.08 Å². The Morgan fingerprint density at radius 3 is 2.80 bits per heavy atom. The second kappa shape index (κ2) is 4.67. The molecule has 1 aromatic rings. The maximum Gasteiger partial charge on any atom is 0.127 e. The fourth-order valence-electron chi connectivity index (χ4n) is 2.29. The van der Waals surface area contributed by atoms with Gasteiger partial charge in [0.1, 0.15) is 5.76 Å². The van der Waals surface area contributed by atoms with Crippen LogP contribution in [0.15, 0.2) is 28.4 Å². The summed E-state index contributed by atoms with van der Waals surface area (Å²) >= 11 is 0. The molecule has 0 spiro atoms. The molecule has 0 saturated heterocycles. The van der Waals surface area contributed by atoms with E-state index in [1.54, 1.807) is 6.26 Å². The summed E-state index contributed by atoms with van der Waals surface area (Å²) in [6.07, 6.45) is 9.20. The molecule has 1 heterocycles. The highest BCUT2D eigenvalue weighted by molar-refractivity contribution is 5.27. The normalized spacial score (nSPS) is 18.7. The minimum absolute atomic E-state index is 0.278. The quantitative estimate of drug-likeness (QED) is 0.765. The van der Waals surface area contributed by atoms with Crippen LogP contribution < -0.4 is 5.32 Å². The Morgan fingerprint density at radius 1 is 1.40 bits per heavy atom. The molecule has 82 valence electrons. The van der Waals surface area contributed by atoms with E-state index in [1.165, 1.54) is 36.8 Å². The molecule has 0 saturated carbocycles. The molecule has 1 aliphatic carbocycles. The van der Waals surface area contributed by atoms with E-state index in [9.17, 15) is 0 Å². The average molecular weight is 205 g/mol. The Bertz CT molecular complexity index is 351. The first-order valence-electron chi connectivity index (χ1n) is 5.73. The highest BCUT2D eigenvalue weighted by atomic mass is 16.3. The molecule has 15 heavy (non-hydrogen) atoms. The van der Waals surface area contributed by atoms with Crippen molar-refractivity contribution in [3.05, 3.63) is 35.3 Å². The molecule has 1 atom stereocenters. The fraction of sp³-hybridized carbons (Fsp3) is 0.538. The van der Waals surface area contributed by atoms with Crippen molar-refractivity contribution >= 4 is 0 Å². The van der Waals surface area contributed by atoms with Gasteiger partial charge in [-0.05, 0) is 56.9 Å². The second-order valence-electron chi connectivity index (χ2n) is 4.21. The maximum absolute atomic E-state index is 5.57. The lowest BCUT2D eigenvalue weighted by Gasteiger charge is -2.21. The molecule has 1 unspecified atom stereocenters. The van der Waals surface area contributed by atoms with Gasteiger partial charge in [0, 0.05) is 0 Å². The largest absolute Gasteiger partial charge is 0.467 e. The molecule has 0 bridgehead atoms. The molecule has 0 radical (unpaired) electrons. The Balaban J connectivity index is 2.24. The van der Waals surface area contributed by atoms with E-state index >= 15 is 0 Å². The molecule has 0 fully saturated rings. The first-order valence-corrected chi connectivity index (χ1v) is 5.73. The van der Waals surface area contributed by atoms with Crippen LogP contribution >= 0.6 is 0 Å². The van der Waals surface area contributed by atoms with Crippen molar-refractivity contribution in [3.63, 3.8) is 0 Å². The summed E-state index contributed by atoms with van der Waals surface area (Å²) in [5, 5.41) is 3.35. The summed E-state index contributed by atoms with van der Waals surface area (Å²) < 4.78 is 5.57. The highest BCUT2D eigenvalue weighted by Crippen LogP contribution is 2.31. The first kappa shape index (κ1) is 10.5. The monoisotopic (exact) mass is 205 g/mol. The summed E-state index contributed by atoms with van der Waals surface area (Å²) in [6.45, 7) is 2.10. The van der Waals surface area contributed by atoms with Gasteiger partial charge in [-0.15, -0.1) is 0 Å². The summed E-state index contributed by atoms with van der Waals surface area (Å²) in [7, 11) is 2.00. The Kier molecular flexibility index (Phi) is 3.27. The third-order valence-corrected chi connectivity index (χ3v) is 3.15. The van der Waals surface area contributed by atoms with Crippen molar-refractivity contribution in [2.75, 3.05) is 7.05 Å². The van der Waals surface area contributed by atoms with Gasteiger partial charge in [-0.2, -0.15) is 0 Å². The van der Waals surface area contributed by atoms with Crippen LogP contribution in [0.5, 0.6) is 0 Å². The van der Waals surface area contributed by atoms with Gasteiger partial charge >= 0.3 is 0 Å². The fourth-order valence-corrected chi connectivity index (χ4v) is 2.29. The van der Waals surface area contributed by atoms with Crippen LogP contribution in [0.4, 0.5) is 0 Å².